The highest BCUT2D eigenvalue weighted by Crippen LogP contribution is 2.22. The fraction of sp³-hybridized carbons (Fsp3) is 0.765. The lowest BCUT2D eigenvalue weighted by molar-refractivity contribution is -0.171. The summed E-state index contributed by atoms with van der Waals surface area (Å²) in [4.78, 5) is 21.5. The van der Waals surface area contributed by atoms with Gasteiger partial charge in [0.1, 0.15) is 5.82 Å². The van der Waals surface area contributed by atoms with Gasteiger partial charge in [-0.25, -0.2) is 4.98 Å². The number of nitrogens with zero attached hydrogens (tertiary/aromatic N) is 4. The van der Waals surface area contributed by atoms with Crippen LogP contribution in [0, 0.1) is 0 Å². The van der Waals surface area contributed by atoms with E-state index >= 15 is 0 Å². The fourth-order valence-corrected chi connectivity index (χ4v) is 3.45. The number of rotatable bonds is 5. The molecular formula is C17H28N4O3. The average molecular weight is 336 g/mol. The van der Waals surface area contributed by atoms with E-state index in [1.807, 2.05) is 24.2 Å². The van der Waals surface area contributed by atoms with Gasteiger partial charge in [0.25, 0.3) is 5.91 Å². The normalized spacial score (nSPS) is 25.8. The number of morpholine rings is 2. The van der Waals surface area contributed by atoms with Gasteiger partial charge < -0.3 is 18.9 Å². The molecule has 0 spiro atoms. The van der Waals surface area contributed by atoms with Crippen molar-refractivity contribution < 1.29 is 14.3 Å². The second-order valence-corrected chi connectivity index (χ2v) is 6.73. The SMILES string of the molecule is CCCn1ccnc1CN1CCOC(C)(C(=O)N2CCOCC2)C1. The van der Waals surface area contributed by atoms with E-state index in [1.54, 1.807) is 0 Å². The van der Waals surface area contributed by atoms with Crippen molar-refractivity contribution in [1.29, 1.82) is 0 Å². The van der Waals surface area contributed by atoms with Gasteiger partial charge in [0.2, 0.25) is 0 Å². The molecule has 0 saturated carbocycles. The molecule has 2 aliphatic heterocycles. The molecule has 1 unspecified atom stereocenters. The molecule has 0 aliphatic carbocycles. The molecule has 1 amide bonds. The topological polar surface area (TPSA) is 59.8 Å². The quantitative estimate of drug-likeness (QED) is 0.794. The highest BCUT2D eigenvalue weighted by atomic mass is 16.5. The zero-order chi connectivity index (χ0) is 17.0. The fourth-order valence-electron chi connectivity index (χ4n) is 3.45. The largest absolute Gasteiger partial charge is 0.378 e. The molecule has 1 atom stereocenters. The van der Waals surface area contributed by atoms with Gasteiger partial charge in [-0.05, 0) is 13.3 Å². The molecule has 1 aromatic rings. The Bertz CT molecular complexity index is 556. The van der Waals surface area contributed by atoms with Gasteiger partial charge in [0.15, 0.2) is 5.60 Å². The molecule has 3 heterocycles. The molecule has 7 heteroatoms. The van der Waals surface area contributed by atoms with Crippen LogP contribution >= 0.6 is 0 Å². The van der Waals surface area contributed by atoms with E-state index in [9.17, 15) is 4.79 Å². The minimum absolute atomic E-state index is 0.0763. The molecule has 1 aromatic heterocycles. The number of aryl methyl sites for hydroxylation is 1. The number of amides is 1. The van der Waals surface area contributed by atoms with Crippen molar-refractivity contribution in [3.63, 3.8) is 0 Å². The summed E-state index contributed by atoms with van der Waals surface area (Å²) in [5, 5.41) is 0. The standard InChI is InChI=1S/C17H28N4O3/c1-3-5-20-6-4-18-15(20)13-19-7-12-24-17(2,14-19)16(22)21-8-10-23-11-9-21/h4,6H,3,5,7-14H2,1-2H3. The molecule has 7 nitrogen and oxygen atoms in total. The van der Waals surface area contributed by atoms with Gasteiger partial charge in [-0.15, -0.1) is 0 Å². The maximum atomic E-state index is 12.9. The van der Waals surface area contributed by atoms with E-state index in [-0.39, 0.29) is 5.91 Å². The summed E-state index contributed by atoms with van der Waals surface area (Å²) in [5.74, 6) is 1.13. The molecule has 2 saturated heterocycles. The van der Waals surface area contributed by atoms with E-state index in [4.69, 9.17) is 9.47 Å². The lowest BCUT2D eigenvalue weighted by atomic mass is 10.0. The second-order valence-electron chi connectivity index (χ2n) is 6.73. The van der Waals surface area contributed by atoms with Crippen molar-refractivity contribution in [3.8, 4) is 0 Å². The summed E-state index contributed by atoms with van der Waals surface area (Å²) in [5.41, 5.74) is -0.780. The monoisotopic (exact) mass is 336 g/mol. The molecule has 0 N–H and O–H groups in total. The van der Waals surface area contributed by atoms with E-state index in [0.29, 0.717) is 39.5 Å². The number of ether oxygens (including phenoxy) is 2. The third-order valence-corrected chi connectivity index (χ3v) is 4.74. The number of hydrogen-bond donors (Lipinski definition) is 0. The van der Waals surface area contributed by atoms with Crippen molar-refractivity contribution in [2.24, 2.45) is 0 Å². The third kappa shape index (κ3) is 3.79. The summed E-state index contributed by atoms with van der Waals surface area (Å²) in [6.07, 6.45) is 4.96. The van der Waals surface area contributed by atoms with Crippen molar-refractivity contribution in [3.05, 3.63) is 18.2 Å². The molecule has 0 radical (unpaired) electrons. The predicted octanol–water partition coefficient (Wildman–Crippen LogP) is 0.743. The molecule has 24 heavy (non-hydrogen) atoms. The second kappa shape index (κ2) is 7.63. The molecular weight excluding hydrogens is 308 g/mol. The average Bonchev–Trinajstić information content (AvgIpc) is 3.02. The maximum absolute atomic E-state index is 12.9. The van der Waals surface area contributed by atoms with Crippen LogP contribution in [0.1, 0.15) is 26.1 Å². The predicted molar refractivity (Wildman–Crippen MR) is 89.6 cm³/mol. The Hall–Kier alpha value is -1.44. The summed E-state index contributed by atoms with van der Waals surface area (Å²) in [6.45, 7) is 10.3. The highest BCUT2D eigenvalue weighted by Gasteiger charge is 2.42. The van der Waals surface area contributed by atoms with Crippen LogP contribution in [0.3, 0.4) is 0 Å². The smallest absolute Gasteiger partial charge is 0.256 e. The van der Waals surface area contributed by atoms with Gasteiger partial charge in [-0.2, -0.15) is 0 Å². The first kappa shape index (κ1) is 17.4. The molecule has 0 aromatic carbocycles. The summed E-state index contributed by atoms with van der Waals surface area (Å²) >= 11 is 0. The third-order valence-electron chi connectivity index (χ3n) is 4.74. The van der Waals surface area contributed by atoms with E-state index < -0.39 is 5.60 Å². The van der Waals surface area contributed by atoms with Gasteiger partial charge in [0.05, 0.1) is 26.4 Å². The van der Waals surface area contributed by atoms with Crippen LogP contribution in [0.2, 0.25) is 0 Å². The molecule has 3 rings (SSSR count). The first-order chi connectivity index (χ1) is 11.6. The number of aromatic nitrogens is 2. The number of carbonyl (C=O) groups excluding carboxylic acids is 1. The van der Waals surface area contributed by atoms with Crippen molar-refractivity contribution in [2.75, 3.05) is 46.0 Å². The number of hydrogen-bond acceptors (Lipinski definition) is 5. The van der Waals surface area contributed by atoms with Crippen LogP contribution in [0.15, 0.2) is 12.4 Å². The van der Waals surface area contributed by atoms with Crippen LogP contribution in [0.25, 0.3) is 0 Å². The Morgan fingerprint density at radius 3 is 2.83 bits per heavy atom. The van der Waals surface area contributed by atoms with Crippen LogP contribution < -0.4 is 0 Å². The van der Waals surface area contributed by atoms with Crippen LogP contribution in [0.4, 0.5) is 0 Å². The van der Waals surface area contributed by atoms with Gasteiger partial charge >= 0.3 is 0 Å². The van der Waals surface area contributed by atoms with Crippen LogP contribution in [-0.4, -0.2) is 76.9 Å². The lowest BCUT2D eigenvalue weighted by Gasteiger charge is -2.42. The van der Waals surface area contributed by atoms with Gasteiger partial charge in [-0.3, -0.25) is 9.69 Å². The van der Waals surface area contributed by atoms with E-state index in [1.165, 1.54) is 0 Å². The Kier molecular flexibility index (Phi) is 5.53. The molecule has 2 aliphatic rings. The minimum Gasteiger partial charge on any atom is -0.378 e. The zero-order valence-electron chi connectivity index (χ0n) is 14.7. The maximum Gasteiger partial charge on any atom is 0.256 e. The van der Waals surface area contributed by atoms with E-state index in [0.717, 1.165) is 31.9 Å². The molecule has 2 fully saturated rings. The Morgan fingerprint density at radius 1 is 1.29 bits per heavy atom. The van der Waals surface area contributed by atoms with E-state index in [2.05, 4.69) is 21.4 Å². The van der Waals surface area contributed by atoms with Crippen molar-refractivity contribution in [1.82, 2.24) is 19.4 Å². The zero-order valence-corrected chi connectivity index (χ0v) is 14.7. The van der Waals surface area contributed by atoms with Gasteiger partial charge in [-0.1, -0.05) is 6.92 Å². The Morgan fingerprint density at radius 2 is 2.08 bits per heavy atom. The summed E-state index contributed by atoms with van der Waals surface area (Å²) in [6, 6.07) is 0. The molecule has 0 bridgehead atoms. The first-order valence-corrected chi connectivity index (χ1v) is 8.86. The molecule has 134 valence electrons. The lowest BCUT2D eigenvalue weighted by Crippen LogP contribution is -2.60. The summed E-state index contributed by atoms with van der Waals surface area (Å²) < 4.78 is 13.4. The van der Waals surface area contributed by atoms with Crippen molar-refractivity contribution in [2.45, 2.75) is 39.0 Å². The van der Waals surface area contributed by atoms with Crippen LogP contribution in [-0.2, 0) is 27.4 Å². The van der Waals surface area contributed by atoms with Crippen LogP contribution in [0.5, 0.6) is 0 Å². The minimum atomic E-state index is -0.780. The highest BCUT2D eigenvalue weighted by molar-refractivity contribution is 5.85. The Balaban J connectivity index is 1.64. The van der Waals surface area contributed by atoms with Gasteiger partial charge in [0, 0.05) is 45.1 Å². The number of imidazole rings is 1. The first-order valence-electron chi connectivity index (χ1n) is 8.86. The Labute approximate surface area is 143 Å². The number of carbonyl (C=O) groups is 1. The van der Waals surface area contributed by atoms with Crippen molar-refractivity contribution >= 4 is 5.91 Å². The summed E-state index contributed by atoms with van der Waals surface area (Å²) in [7, 11) is 0.